The van der Waals surface area contributed by atoms with Gasteiger partial charge in [0.15, 0.2) is 0 Å². The number of nitrogens with zero attached hydrogens (tertiary/aromatic N) is 23. The van der Waals surface area contributed by atoms with Crippen LogP contribution in [0.2, 0.25) is 15.1 Å². The molecule has 4 aliphatic heterocycles. The molecule has 0 unspecified atom stereocenters. The standard InChI is InChI=1S/C24H26F3N7O.C23H25Cl2N7O.C23H26ClN7O.C22H26N8O/c1-15(2)18-12-32(3)22(35)34(18)20-7-10-28-21(30-20)31-23(8-9-23)19-13-33(14-29-19)17-6-4-5-16(11-17)24(25,26)27;1-14(2)18-11-30(3)22(33)32(18)20-4-7-26-21(28-20)29-23(5-6-23)19-12-31(13-27-19)17-9-15(24)8-16(25)10-17;1-14(2)18-11-26-22(32)31(18)20-6-9-25-21(28-20)29-23(7-8-23)19-12-30(13-27-19)16-5-4-15(3)17(24)10-16;1-14(2)16-11-25-21(31)30(16)19-6-9-23-20(27-19)28-22(7-8-22)17-12-29(13-26-17)18-5-4-15(3)10-24-18/h4-7,10-11,13-15,18H,8-9,12H2,1-3H3,(H,28,30,31);4,7-10,12-14,18H,5-6,11H2,1-3H3,(H,26,28,29);4-6,9-10,12-14,18H,7-8,11H2,1-3H3,(H,26,32)(H,25,28,29);4-6,9-10,12-14,16H,7-8,11H2,1-3H3,(H,25,31)(H,23,27,28)/t3*18-;16-/m1111/s1. The Kier molecular flexibility index (Phi) is 24.7. The van der Waals surface area contributed by atoms with E-state index in [4.69, 9.17) is 39.8 Å². The smallest absolute Gasteiger partial charge is 0.343 e. The predicted molar refractivity (Wildman–Crippen MR) is 495 cm³/mol. The predicted octanol–water partition coefficient (Wildman–Crippen LogP) is 16.9. The van der Waals surface area contributed by atoms with Gasteiger partial charge in [-0.25, -0.2) is 64.0 Å². The number of hydrogen-bond acceptors (Lipinski definition) is 21. The molecule has 8 fully saturated rings. The van der Waals surface area contributed by atoms with Crippen LogP contribution in [0, 0.1) is 37.5 Å². The van der Waals surface area contributed by atoms with Crippen molar-refractivity contribution in [1.29, 1.82) is 0 Å². The van der Waals surface area contributed by atoms with Crippen molar-refractivity contribution >= 4 is 106 Å². The minimum atomic E-state index is -4.42. The number of urea groups is 4. The summed E-state index contributed by atoms with van der Waals surface area (Å²) in [6.45, 7) is 23.4. The number of likely N-dealkylation sites (N-methyl/N-ethyl adjacent to an activating group) is 2. The summed E-state index contributed by atoms with van der Waals surface area (Å²) in [4.78, 5) is 120. The molecule has 0 bridgehead atoms. The van der Waals surface area contributed by atoms with Crippen molar-refractivity contribution in [2.75, 3.05) is 81.1 Å². The van der Waals surface area contributed by atoms with E-state index < -0.39 is 17.3 Å². The van der Waals surface area contributed by atoms with Gasteiger partial charge in [-0.05, 0) is 179 Å². The molecule has 4 atom stereocenters. The third kappa shape index (κ3) is 19.2. The molecule has 4 saturated carbocycles. The minimum Gasteiger partial charge on any atom is -0.343 e. The van der Waals surface area contributed by atoms with Crippen LogP contribution >= 0.6 is 34.8 Å². The number of carbonyl (C=O) groups excluding carboxylic acids is 4. The van der Waals surface area contributed by atoms with Crippen LogP contribution in [-0.2, 0) is 28.3 Å². The molecule has 4 saturated heterocycles. The first kappa shape index (κ1) is 89.9. The quantitative estimate of drug-likeness (QED) is 0.0327. The second-order valence-electron chi connectivity index (χ2n) is 36.2. The van der Waals surface area contributed by atoms with E-state index in [1.165, 1.54) is 12.4 Å². The third-order valence-corrected chi connectivity index (χ3v) is 26.1. The second-order valence-corrected chi connectivity index (χ2v) is 37.5. The number of hydrogen-bond donors (Lipinski definition) is 6. The lowest BCUT2D eigenvalue weighted by Crippen LogP contribution is -2.38. The lowest BCUT2D eigenvalue weighted by Gasteiger charge is -2.25. The van der Waals surface area contributed by atoms with Crippen molar-refractivity contribution in [3.63, 3.8) is 0 Å². The molecule has 4 aliphatic carbocycles. The molecule has 3 aromatic carbocycles. The maximum Gasteiger partial charge on any atom is 0.416 e. The van der Waals surface area contributed by atoms with Crippen LogP contribution in [0.4, 0.5) is 79.4 Å². The van der Waals surface area contributed by atoms with E-state index in [9.17, 15) is 32.3 Å². The van der Waals surface area contributed by atoms with Crippen LogP contribution < -0.4 is 51.5 Å². The zero-order chi connectivity index (χ0) is 92.3. The van der Waals surface area contributed by atoms with Crippen molar-refractivity contribution in [2.24, 2.45) is 23.7 Å². The van der Waals surface area contributed by atoms with Crippen molar-refractivity contribution in [3.05, 3.63) is 233 Å². The Hall–Kier alpha value is -13.1. The Morgan fingerprint density at radius 3 is 1.13 bits per heavy atom. The zero-order valence-electron chi connectivity index (χ0n) is 74.5. The highest BCUT2D eigenvalue weighted by molar-refractivity contribution is 6.35. The van der Waals surface area contributed by atoms with Crippen LogP contribution in [0.25, 0.3) is 22.9 Å². The molecule has 13 heterocycles. The number of alkyl halides is 3. The topological polar surface area (TPSA) is 347 Å². The van der Waals surface area contributed by atoms with Crippen molar-refractivity contribution < 1.29 is 32.3 Å². The number of aryl methyl sites for hydroxylation is 2. The van der Waals surface area contributed by atoms with Gasteiger partial charge in [-0.2, -0.15) is 33.1 Å². The fourth-order valence-electron chi connectivity index (χ4n) is 16.8. The molecule has 8 amide bonds. The van der Waals surface area contributed by atoms with Crippen LogP contribution in [0.3, 0.4) is 0 Å². The Morgan fingerprint density at radius 2 is 0.771 bits per heavy atom. The Balaban J connectivity index is 0.000000122. The molecule has 0 radical (unpaired) electrons. The molecule has 6 N–H and O–H groups in total. The number of anilines is 8. The summed E-state index contributed by atoms with van der Waals surface area (Å²) in [7, 11) is 3.60. The van der Waals surface area contributed by atoms with Gasteiger partial charge in [-0.1, -0.05) is 108 Å². The normalized spacial score (nSPS) is 19.5. The van der Waals surface area contributed by atoms with E-state index in [1.54, 1.807) is 127 Å². The molecular weight excluding hydrogens is 1740 g/mol. The van der Waals surface area contributed by atoms with Gasteiger partial charge in [-0.15, -0.1) is 0 Å². The van der Waals surface area contributed by atoms with E-state index in [2.05, 4.69) is 147 Å². The molecule has 8 aliphatic rings. The summed E-state index contributed by atoms with van der Waals surface area (Å²) >= 11 is 18.6. The number of benzene rings is 3. The number of carbonyl (C=O) groups is 4. The number of amides is 8. The molecular formula is C92H103Cl3F3N29O4. The summed E-state index contributed by atoms with van der Waals surface area (Å²) < 4.78 is 46.7. The summed E-state index contributed by atoms with van der Waals surface area (Å²) in [6, 6.07) is 27.4. The van der Waals surface area contributed by atoms with E-state index in [0.29, 0.717) is 112 Å². The molecule has 131 heavy (non-hydrogen) atoms. The highest BCUT2D eigenvalue weighted by Crippen LogP contribution is 2.51. The fourth-order valence-corrected chi connectivity index (χ4v) is 17.5. The molecule has 39 heteroatoms. The monoisotopic (exact) mass is 1840 g/mol. The van der Waals surface area contributed by atoms with Crippen LogP contribution in [-0.4, -0.2) is 181 Å². The van der Waals surface area contributed by atoms with Crippen molar-refractivity contribution in [1.82, 2.24) is 103 Å². The van der Waals surface area contributed by atoms with Gasteiger partial charge < -0.3 is 55.4 Å². The van der Waals surface area contributed by atoms with Crippen LogP contribution in [0.5, 0.6) is 0 Å². The number of nitrogens with one attached hydrogen (secondary N) is 6. The Labute approximate surface area is 770 Å². The summed E-state index contributed by atoms with van der Waals surface area (Å²) in [5.74, 6) is 6.23. The summed E-state index contributed by atoms with van der Waals surface area (Å²) in [5, 5.41) is 21.4. The zero-order valence-corrected chi connectivity index (χ0v) is 76.8. The number of imidazole rings is 4. The number of aromatic nitrogens is 17. The van der Waals surface area contributed by atoms with E-state index in [1.807, 2.05) is 102 Å². The fraction of sp³-hybridized carbons (Fsp3) is 0.402. The van der Waals surface area contributed by atoms with Crippen molar-refractivity contribution in [2.45, 2.75) is 173 Å². The van der Waals surface area contributed by atoms with Gasteiger partial charge in [0.25, 0.3) is 0 Å². The van der Waals surface area contributed by atoms with Gasteiger partial charge in [0.1, 0.15) is 35.4 Å². The highest BCUT2D eigenvalue weighted by Gasteiger charge is 2.52. The molecule has 12 aromatic rings. The van der Waals surface area contributed by atoms with E-state index in [0.717, 1.165) is 114 Å². The molecule has 33 nitrogen and oxygen atoms in total. The number of halogens is 6. The maximum absolute atomic E-state index is 13.1. The van der Waals surface area contributed by atoms with E-state index >= 15 is 0 Å². The van der Waals surface area contributed by atoms with Gasteiger partial charge in [0.05, 0.1) is 93.6 Å². The Bertz CT molecular complexity index is 6200. The average Bonchev–Trinajstić information content (AvgIpc) is 1.61. The maximum atomic E-state index is 13.1. The first-order chi connectivity index (χ1) is 62.6. The summed E-state index contributed by atoms with van der Waals surface area (Å²) in [5.41, 5.74) is 5.65. The van der Waals surface area contributed by atoms with Crippen LogP contribution in [0.15, 0.2) is 178 Å². The molecule has 682 valence electrons. The van der Waals surface area contributed by atoms with E-state index in [-0.39, 0.29) is 70.8 Å². The SMILES string of the molecule is CC(C)[C@H]1CN(C)C(=O)N1c1ccnc(NC2(c3cn(-c4cc(Cl)cc(Cl)c4)cn3)CC2)n1.CC(C)[C@H]1CN(C)C(=O)N1c1ccnc(NC2(c3cn(-c4cccc(C(F)(F)F)c4)cn3)CC2)n1.Cc1ccc(-n2cnc(C3(Nc4nccc(N5C(=O)NC[C@@H]5C(C)C)n4)CC3)c2)cc1Cl.Cc1ccc(-n2cnc(C3(Nc4nccc(N5C(=O)NC[C@@H]5C(C)C)n4)CC3)c2)nc1. The Morgan fingerprint density at radius 1 is 0.405 bits per heavy atom. The molecule has 0 spiro atoms. The minimum absolute atomic E-state index is 0.00768. The highest BCUT2D eigenvalue weighted by atomic mass is 35.5. The van der Waals surface area contributed by atoms with Crippen molar-refractivity contribution in [3.8, 4) is 22.9 Å². The van der Waals surface area contributed by atoms with Crippen LogP contribution in [0.1, 0.15) is 146 Å². The molecule has 20 rings (SSSR count). The van der Waals surface area contributed by atoms with Gasteiger partial charge >= 0.3 is 30.3 Å². The second kappa shape index (κ2) is 36.0. The molecule has 9 aromatic heterocycles. The lowest BCUT2D eigenvalue weighted by molar-refractivity contribution is -0.137. The number of pyridine rings is 1. The first-order valence-electron chi connectivity index (χ1n) is 43.8. The lowest BCUT2D eigenvalue weighted by atomic mass is 10.0. The third-order valence-electron chi connectivity index (χ3n) is 25.2. The van der Waals surface area contributed by atoms with Gasteiger partial charge in [0, 0.05) is 128 Å². The average molecular weight is 1840 g/mol. The number of rotatable bonds is 24. The van der Waals surface area contributed by atoms with Gasteiger partial charge in [-0.3, -0.25) is 24.2 Å². The largest absolute Gasteiger partial charge is 0.416 e. The van der Waals surface area contributed by atoms with Gasteiger partial charge in [0.2, 0.25) is 23.8 Å². The first-order valence-corrected chi connectivity index (χ1v) is 45.0. The summed E-state index contributed by atoms with van der Waals surface area (Å²) in [6.07, 6.45) is 25.8.